The average Bonchev–Trinajstić information content (AvgIpc) is 2.91. The predicted octanol–water partition coefficient (Wildman–Crippen LogP) is 1.50. The molecule has 0 radical (unpaired) electrons. The number of nitrogens with zero attached hydrogens (tertiary/aromatic N) is 1. The van der Waals surface area contributed by atoms with Crippen LogP contribution in [-0.2, 0) is 9.59 Å². The molecule has 2 amide bonds. The van der Waals surface area contributed by atoms with E-state index in [0.717, 1.165) is 12.1 Å². The van der Waals surface area contributed by atoms with E-state index >= 15 is 0 Å². The van der Waals surface area contributed by atoms with Crippen molar-refractivity contribution in [2.75, 3.05) is 30.4 Å². The monoisotopic (exact) mass is 291 g/mol. The molecule has 2 rings (SSSR count). The van der Waals surface area contributed by atoms with Gasteiger partial charge in [-0.15, -0.1) is 0 Å². The normalized spacial score (nSPS) is 14.4. The van der Waals surface area contributed by atoms with E-state index in [1.165, 1.54) is 0 Å². The average molecular weight is 291 g/mol. The number of carbonyl (C=O) groups excluding carboxylic acids is 2. The van der Waals surface area contributed by atoms with Gasteiger partial charge in [0.15, 0.2) is 0 Å². The molecule has 1 heterocycles. The lowest BCUT2D eigenvalue weighted by Gasteiger charge is -2.19. The number of hydrogen-bond acceptors (Lipinski definition) is 4. The van der Waals surface area contributed by atoms with Gasteiger partial charge in [0.25, 0.3) is 0 Å². The maximum absolute atomic E-state index is 11.8. The largest absolute Gasteiger partial charge is 0.494 e. The fourth-order valence-electron chi connectivity index (χ4n) is 2.37. The topological polar surface area (TPSA) is 84.7 Å². The molecule has 21 heavy (non-hydrogen) atoms. The van der Waals surface area contributed by atoms with E-state index in [9.17, 15) is 9.59 Å². The summed E-state index contributed by atoms with van der Waals surface area (Å²) in [5, 5.41) is 2.80. The maximum Gasteiger partial charge on any atom is 0.227 e. The summed E-state index contributed by atoms with van der Waals surface area (Å²) >= 11 is 0. The third-order valence-electron chi connectivity index (χ3n) is 3.44. The van der Waals surface area contributed by atoms with E-state index in [0.29, 0.717) is 43.8 Å². The van der Waals surface area contributed by atoms with Crippen LogP contribution in [0.2, 0.25) is 0 Å². The summed E-state index contributed by atoms with van der Waals surface area (Å²) in [6.45, 7) is 1.20. The minimum atomic E-state index is -0.0764. The minimum absolute atomic E-state index is 0.0764. The van der Waals surface area contributed by atoms with E-state index in [4.69, 9.17) is 10.5 Å². The lowest BCUT2D eigenvalue weighted by molar-refractivity contribution is -0.117. The summed E-state index contributed by atoms with van der Waals surface area (Å²) in [4.78, 5) is 25.2. The molecule has 1 fully saturated rings. The predicted molar refractivity (Wildman–Crippen MR) is 81.5 cm³/mol. The van der Waals surface area contributed by atoms with Crippen molar-refractivity contribution in [1.82, 2.24) is 0 Å². The highest BCUT2D eigenvalue weighted by Gasteiger charge is 2.24. The molecule has 0 aromatic heterocycles. The van der Waals surface area contributed by atoms with Crippen LogP contribution in [0, 0.1) is 0 Å². The fraction of sp³-hybridized carbons (Fsp3) is 0.467. The Morgan fingerprint density at radius 2 is 2.29 bits per heavy atom. The zero-order chi connectivity index (χ0) is 15.2. The van der Waals surface area contributed by atoms with Gasteiger partial charge in [0.1, 0.15) is 5.75 Å². The Kier molecular flexibility index (Phi) is 5.16. The molecular formula is C15H21N3O3. The number of amides is 2. The van der Waals surface area contributed by atoms with Gasteiger partial charge in [0.2, 0.25) is 11.8 Å². The molecule has 0 atom stereocenters. The number of nitrogens with one attached hydrogen (secondary N) is 1. The highest BCUT2D eigenvalue weighted by molar-refractivity contribution is 5.97. The number of carbonyl (C=O) groups is 2. The Hall–Kier alpha value is -2.08. The molecule has 1 aliphatic heterocycles. The number of anilines is 2. The second kappa shape index (κ2) is 7.08. The van der Waals surface area contributed by atoms with Gasteiger partial charge in [0, 0.05) is 31.1 Å². The van der Waals surface area contributed by atoms with E-state index < -0.39 is 0 Å². The summed E-state index contributed by atoms with van der Waals surface area (Å²) in [6, 6.07) is 5.33. The molecule has 1 aliphatic rings. The van der Waals surface area contributed by atoms with E-state index in [-0.39, 0.29) is 11.8 Å². The second-order valence-electron chi connectivity index (χ2n) is 4.98. The van der Waals surface area contributed by atoms with Crippen molar-refractivity contribution in [1.29, 1.82) is 0 Å². The van der Waals surface area contributed by atoms with Crippen molar-refractivity contribution in [3.63, 3.8) is 0 Å². The van der Waals surface area contributed by atoms with Crippen LogP contribution in [0.25, 0.3) is 0 Å². The SMILES string of the molecule is COc1cc(NC(=O)CCCN)ccc1N1CCCC1=O. The van der Waals surface area contributed by atoms with Crippen molar-refractivity contribution >= 4 is 23.2 Å². The molecule has 6 nitrogen and oxygen atoms in total. The molecular weight excluding hydrogens is 270 g/mol. The summed E-state index contributed by atoms with van der Waals surface area (Å²) < 4.78 is 5.34. The Labute approximate surface area is 124 Å². The third-order valence-corrected chi connectivity index (χ3v) is 3.44. The van der Waals surface area contributed by atoms with Gasteiger partial charge >= 0.3 is 0 Å². The second-order valence-corrected chi connectivity index (χ2v) is 4.98. The molecule has 6 heteroatoms. The molecule has 0 aliphatic carbocycles. The van der Waals surface area contributed by atoms with Gasteiger partial charge in [-0.25, -0.2) is 0 Å². The van der Waals surface area contributed by atoms with Crippen molar-refractivity contribution in [3.8, 4) is 5.75 Å². The number of nitrogens with two attached hydrogens (primary N) is 1. The van der Waals surface area contributed by atoms with Gasteiger partial charge in [-0.05, 0) is 31.5 Å². The highest BCUT2D eigenvalue weighted by Crippen LogP contribution is 2.33. The molecule has 1 saturated heterocycles. The van der Waals surface area contributed by atoms with Crippen LogP contribution < -0.4 is 20.7 Å². The minimum Gasteiger partial charge on any atom is -0.494 e. The van der Waals surface area contributed by atoms with Gasteiger partial charge < -0.3 is 20.7 Å². The number of ether oxygens (including phenoxy) is 1. The summed E-state index contributed by atoms with van der Waals surface area (Å²) in [5.74, 6) is 0.613. The van der Waals surface area contributed by atoms with Crippen LogP contribution in [0.3, 0.4) is 0 Å². The molecule has 0 bridgehead atoms. The first-order valence-corrected chi connectivity index (χ1v) is 7.14. The van der Waals surface area contributed by atoms with E-state index in [1.54, 1.807) is 30.2 Å². The van der Waals surface area contributed by atoms with Gasteiger partial charge in [-0.3, -0.25) is 9.59 Å². The molecule has 1 aromatic rings. The van der Waals surface area contributed by atoms with Crippen LogP contribution in [0.5, 0.6) is 5.75 Å². The van der Waals surface area contributed by atoms with Gasteiger partial charge in [0.05, 0.1) is 12.8 Å². The zero-order valence-corrected chi connectivity index (χ0v) is 12.2. The fourth-order valence-corrected chi connectivity index (χ4v) is 2.37. The van der Waals surface area contributed by atoms with E-state index in [2.05, 4.69) is 5.32 Å². The molecule has 1 aromatic carbocycles. The van der Waals surface area contributed by atoms with Crippen LogP contribution in [-0.4, -0.2) is 32.0 Å². The lowest BCUT2D eigenvalue weighted by atomic mass is 10.2. The van der Waals surface area contributed by atoms with Crippen molar-refractivity contribution < 1.29 is 14.3 Å². The van der Waals surface area contributed by atoms with Crippen LogP contribution in [0.4, 0.5) is 11.4 Å². The van der Waals surface area contributed by atoms with Crippen molar-refractivity contribution in [2.45, 2.75) is 25.7 Å². The maximum atomic E-state index is 11.8. The smallest absolute Gasteiger partial charge is 0.227 e. The first-order chi connectivity index (χ1) is 10.2. The summed E-state index contributed by atoms with van der Waals surface area (Å²) in [6.07, 6.45) is 2.48. The molecule has 114 valence electrons. The van der Waals surface area contributed by atoms with E-state index in [1.807, 2.05) is 0 Å². The summed E-state index contributed by atoms with van der Waals surface area (Å²) in [7, 11) is 1.55. The number of rotatable bonds is 6. The van der Waals surface area contributed by atoms with Gasteiger partial charge in [-0.1, -0.05) is 0 Å². The molecule has 0 unspecified atom stereocenters. The Morgan fingerprint density at radius 3 is 2.90 bits per heavy atom. The Balaban J connectivity index is 2.12. The molecule has 0 saturated carbocycles. The number of hydrogen-bond donors (Lipinski definition) is 2. The van der Waals surface area contributed by atoms with Crippen LogP contribution >= 0.6 is 0 Å². The summed E-state index contributed by atoms with van der Waals surface area (Å²) in [5.41, 5.74) is 6.79. The first-order valence-electron chi connectivity index (χ1n) is 7.14. The van der Waals surface area contributed by atoms with Crippen LogP contribution in [0.15, 0.2) is 18.2 Å². The van der Waals surface area contributed by atoms with Gasteiger partial charge in [-0.2, -0.15) is 0 Å². The molecule has 3 N–H and O–H groups in total. The standard InChI is InChI=1S/C15H21N3O3/c1-21-13-10-11(17-14(19)4-2-8-16)6-7-12(13)18-9-3-5-15(18)20/h6-7,10H,2-5,8-9,16H2,1H3,(H,17,19). The highest BCUT2D eigenvalue weighted by atomic mass is 16.5. The third kappa shape index (κ3) is 3.72. The first kappa shape index (κ1) is 15.3. The Bertz CT molecular complexity index is 531. The van der Waals surface area contributed by atoms with Crippen molar-refractivity contribution in [3.05, 3.63) is 18.2 Å². The quantitative estimate of drug-likeness (QED) is 0.832. The zero-order valence-electron chi connectivity index (χ0n) is 12.2. The van der Waals surface area contributed by atoms with Crippen molar-refractivity contribution in [2.24, 2.45) is 5.73 Å². The van der Waals surface area contributed by atoms with Crippen LogP contribution in [0.1, 0.15) is 25.7 Å². The lowest BCUT2D eigenvalue weighted by Crippen LogP contribution is -2.24. The molecule has 0 spiro atoms. The number of benzene rings is 1. The Morgan fingerprint density at radius 1 is 1.48 bits per heavy atom. The number of methoxy groups -OCH3 is 1.